The molecule has 2 aromatic rings. The van der Waals surface area contributed by atoms with E-state index in [1.54, 1.807) is 19.2 Å². The predicted molar refractivity (Wildman–Crippen MR) is 104 cm³/mol. The summed E-state index contributed by atoms with van der Waals surface area (Å²) in [5.74, 6) is 1.41. The van der Waals surface area contributed by atoms with E-state index in [2.05, 4.69) is 17.1 Å². The fourth-order valence-corrected chi connectivity index (χ4v) is 2.75. The Kier molecular flexibility index (Phi) is 7.48. The van der Waals surface area contributed by atoms with Crippen LogP contribution in [0.15, 0.2) is 48.5 Å². The maximum absolute atomic E-state index is 12.6. The van der Waals surface area contributed by atoms with Crippen molar-refractivity contribution >= 4 is 5.91 Å². The Morgan fingerprint density at radius 1 is 1.15 bits per heavy atom. The van der Waals surface area contributed by atoms with Crippen molar-refractivity contribution in [2.24, 2.45) is 0 Å². The lowest BCUT2D eigenvalue weighted by atomic mass is 10.0. The lowest BCUT2D eigenvalue weighted by Gasteiger charge is -2.26. The number of amides is 1. The Balaban J connectivity index is 2.08. The van der Waals surface area contributed by atoms with Crippen molar-refractivity contribution < 1.29 is 14.3 Å². The van der Waals surface area contributed by atoms with Crippen LogP contribution in [0.1, 0.15) is 35.3 Å². The van der Waals surface area contributed by atoms with E-state index in [0.717, 1.165) is 17.7 Å². The number of para-hydroxylation sites is 1. The number of nitrogens with zero attached hydrogens (tertiary/aromatic N) is 1. The molecule has 0 saturated heterocycles. The van der Waals surface area contributed by atoms with Gasteiger partial charge in [0.05, 0.1) is 19.8 Å². The third-order valence-corrected chi connectivity index (χ3v) is 4.15. The van der Waals surface area contributed by atoms with Gasteiger partial charge in [-0.3, -0.25) is 4.79 Å². The van der Waals surface area contributed by atoms with Gasteiger partial charge in [-0.25, -0.2) is 0 Å². The molecule has 2 aromatic carbocycles. The standard InChI is InChI=1S/C21H28N2O3/c1-5-13-26-17-10-8-9-16(14-17)21(24)22-15-19(23(2)3)18-11-6-7-12-20(18)25-4/h6-12,14,19H,5,13,15H2,1-4H3,(H,22,24)/t19-/m0/s1. The van der Waals surface area contributed by atoms with Gasteiger partial charge in [0.15, 0.2) is 0 Å². The molecule has 0 heterocycles. The molecule has 0 aromatic heterocycles. The van der Waals surface area contributed by atoms with E-state index in [9.17, 15) is 4.79 Å². The third kappa shape index (κ3) is 5.23. The molecule has 1 N–H and O–H groups in total. The summed E-state index contributed by atoms with van der Waals surface area (Å²) in [6.07, 6.45) is 0.930. The van der Waals surface area contributed by atoms with Crippen molar-refractivity contribution in [1.29, 1.82) is 0 Å². The Hall–Kier alpha value is -2.53. The normalized spacial score (nSPS) is 11.9. The molecule has 0 aliphatic heterocycles. The first-order valence-corrected chi connectivity index (χ1v) is 8.87. The minimum absolute atomic E-state index is 0.00891. The largest absolute Gasteiger partial charge is 0.496 e. The number of carbonyl (C=O) groups excluding carboxylic acids is 1. The van der Waals surface area contributed by atoms with Gasteiger partial charge in [-0.2, -0.15) is 0 Å². The molecular weight excluding hydrogens is 328 g/mol. The van der Waals surface area contributed by atoms with Gasteiger partial charge in [0.2, 0.25) is 0 Å². The van der Waals surface area contributed by atoms with Crippen molar-refractivity contribution in [3.05, 3.63) is 59.7 Å². The van der Waals surface area contributed by atoms with Gasteiger partial charge in [-0.15, -0.1) is 0 Å². The van der Waals surface area contributed by atoms with Crippen molar-refractivity contribution in [3.63, 3.8) is 0 Å². The summed E-state index contributed by atoms with van der Waals surface area (Å²) in [4.78, 5) is 14.6. The number of methoxy groups -OCH3 is 1. The highest BCUT2D eigenvalue weighted by molar-refractivity contribution is 5.94. The highest BCUT2D eigenvalue weighted by Crippen LogP contribution is 2.27. The number of likely N-dealkylation sites (N-methyl/N-ethyl adjacent to an activating group) is 1. The predicted octanol–water partition coefficient (Wildman–Crippen LogP) is 3.52. The molecule has 0 aliphatic carbocycles. The van der Waals surface area contributed by atoms with Crippen LogP contribution in [0, 0.1) is 0 Å². The van der Waals surface area contributed by atoms with Gasteiger partial charge in [0, 0.05) is 17.7 Å². The van der Waals surface area contributed by atoms with Gasteiger partial charge in [-0.05, 0) is 44.8 Å². The molecule has 5 nitrogen and oxygen atoms in total. The molecule has 2 rings (SSSR count). The van der Waals surface area contributed by atoms with Crippen LogP contribution < -0.4 is 14.8 Å². The first-order valence-electron chi connectivity index (χ1n) is 8.87. The second-order valence-corrected chi connectivity index (χ2v) is 6.31. The third-order valence-electron chi connectivity index (χ3n) is 4.15. The van der Waals surface area contributed by atoms with Crippen molar-refractivity contribution in [2.45, 2.75) is 19.4 Å². The molecule has 0 saturated carbocycles. The lowest BCUT2D eigenvalue weighted by molar-refractivity contribution is 0.0941. The second kappa shape index (κ2) is 9.82. The molecule has 0 fully saturated rings. The van der Waals surface area contributed by atoms with E-state index < -0.39 is 0 Å². The van der Waals surface area contributed by atoms with Crippen LogP contribution in [-0.4, -0.2) is 45.2 Å². The van der Waals surface area contributed by atoms with E-state index in [1.807, 2.05) is 50.5 Å². The molecule has 26 heavy (non-hydrogen) atoms. The molecule has 1 amide bonds. The molecule has 0 bridgehead atoms. The second-order valence-electron chi connectivity index (χ2n) is 6.31. The lowest BCUT2D eigenvalue weighted by Crippen LogP contribution is -2.34. The summed E-state index contributed by atoms with van der Waals surface area (Å²) in [5, 5.41) is 3.02. The molecule has 1 atom stereocenters. The molecule has 5 heteroatoms. The molecule has 0 unspecified atom stereocenters. The molecule has 0 spiro atoms. The van der Waals surface area contributed by atoms with E-state index in [4.69, 9.17) is 9.47 Å². The quantitative estimate of drug-likeness (QED) is 0.747. The first-order chi connectivity index (χ1) is 12.6. The van der Waals surface area contributed by atoms with Crippen LogP contribution in [-0.2, 0) is 0 Å². The number of hydrogen-bond acceptors (Lipinski definition) is 4. The van der Waals surface area contributed by atoms with Crippen LogP contribution in [0.2, 0.25) is 0 Å². The van der Waals surface area contributed by atoms with Crippen LogP contribution in [0.5, 0.6) is 11.5 Å². The first kappa shape index (κ1) is 19.8. The highest BCUT2D eigenvalue weighted by Gasteiger charge is 2.19. The monoisotopic (exact) mass is 356 g/mol. The van der Waals surface area contributed by atoms with Crippen molar-refractivity contribution in [3.8, 4) is 11.5 Å². The minimum atomic E-state index is -0.117. The summed E-state index contributed by atoms with van der Waals surface area (Å²) < 4.78 is 11.1. The average molecular weight is 356 g/mol. The molecule has 140 valence electrons. The molecule has 0 radical (unpaired) electrons. The summed E-state index contributed by atoms with van der Waals surface area (Å²) >= 11 is 0. The summed E-state index contributed by atoms with van der Waals surface area (Å²) in [7, 11) is 5.64. The number of hydrogen-bond donors (Lipinski definition) is 1. The fraction of sp³-hybridized carbons (Fsp3) is 0.381. The maximum atomic E-state index is 12.6. The Morgan fingerprint density at radius 3 is 2.62 bits per heavy atom. The van der Waals surface area contributed by atoms with Gasteiger partial charge in [0.25, 0.3) is 5.91 Å². The zero-order valence-electron chi connectivity index (χ0n) is 16.0. The Bertz CT molecular complexity index is 716. The Morgan fingerprint density at radius 2 is 1.92 bits per heavy atom. The zero-order chi connectivity index (χ0) is 18.9. The summed E-state index contributed by atoms with van der Waals surface area (Å²) in [6, 6.07) is 15.2. The number of benzene rings is 2. The molecule has 0 aliphatic rings. The smallest absolute Gasteiger partial charge is 0.251 e. The maximum Gasteiger partial charge on any atom is 0.251 e. The number of nitrogens with one attached hydrogen (secondary N) is 1. The molecular formula is C21H28N2O3. The van der Waals surface area contributed by atoms with Crippen LogP contribution in [0.3, 0.4) is 0 Å². The summed E-state index contributed by atoms with van der Waals surface area (Å²) in [6.45, 7) is 3.17. The van der Waals surface area contributed by atoms with Gasteiger partial charge >= 0.3 is 0 Å². The van der Waals surface area contributed by atoms with E-state index in [0.29, 0.717) is 24.5 Å². The fourth-order valence-electron chi connectivity index (χ4n) is 2.75. The topological polar surface area (TPSA) is 50.8 Å². The number of rotatable bonds is 9. The zero-order valence-corrected chi connectivity index (χ0v) is 16.0. The highest BCUT2D eigenvalue weighted by atomic mass is 16.5. The van der Waals surface area contributed by atoms with E-state index in [-0.39, 0.29) is 11.9 Å². The minimum Gasteiger partial charge on any atom is -0.496 e. The van der Waals surface area contributed by atoms with E-state index >= 15 is 0 Å². The van der Waals surface area contributed by atoms with Crippen LogP contribution >= 0.6 is 0 Å². The van der Waals surface area contributed by atoms with Gasteiger partial charge in [0.1, 0.15) is 11.5 Å². The number of ether oxygens (including phenoxy) is 2. The van der Waals surface area contributed by atoms with Crippen molar-refractivity contribution in [2.75, 3.05) is 34.4 Å². The average Bonchev–Trinajstić information content (AvgIpc) is 2.66. The summed E-state index contributed by atoms with van der Waals surface area (Å²) in [5.41, 5.74) is 1.64. The van der Waals surface area contributed by atoms with Gasteiger partial charge in [-0.1, -0.05) is 31.2 Å². The van der Waals surface area contributed by atoms with Crippen LogP contribution in [0.25, 0.3) is 0 Å². The van der Waals surface area contributed by atoms with Crippen molar-refractivity contribution in [1.82, 2.24) is 10.2 Å². The number of carbonyl (C=O) groups is 1. The van der Waals surface area contributed by atoms with Crippen LogP contribution in [0.4, 0.5) is 0 Å². The Labute approximate surface area is 155 Å². The van der Waals surface area contributed by atoms with Gasteiger partial charge < -0.3 is 19.7 Å². The van der Waals surface area contributed by atoms with E-state index in [1.165, 1.54) is 0 Å². The SMILES string of the molecule is CCCOc1cccc(C(=O)NC[C@@H](c2ccccc2OC)N(C)C)c1.